The molecule has 0 unspecified atom stereocenters. The molecule has 8 aromatic carbocycles. The monoisotopic (exact) mass is 731 g/mol. The minimum atomic E-state index is 0.703. The van der Waals surface area contributed by atoms with E-state index in [4.69, 9.17) is 9.97 Å². The molecular formula is C52H33N3S. The first kappa shape index (κ1) is 32.3. The van der Waals surface area contributed by atoms with Gasteiger partial charge in [-0.25, -0.2) is 9.97 Å². The lowest BCUT2D eigenvalue weighted by molar-refractivity contribution is 1.16. The molecule has 11 aromatic rings. The molecule has 0 N–H and O–H groups in total. The number of fused-ring (bicyclic) bond motifs is 6. The van der Waals surface area contributed by atoms with Crippen LogP contribution in [0.2, 0.25) is 0 Å². The molecule has 0 saturated carbocycles. The van der Waals surface area contributed by atoms with E-state index in [2.05, 4.69) is 168 Å². The number of thiophene rings is 1. The summed E-state index contributed by atoms with van der Waals surface area (Å²) in [6, 6.07) is 71.5. The first-order valence-corrected chi connectivity index (χ1v) is 19.7. The third-order valence-corrected chi connectivity index (χ3v) is 12.0. The van der Waals surface area contributed by atoms with Gasteiger partial charge in [0.25, 0.3) is 0 Å². The second-order valence-electron chi connectivity index (χ2n) is 14.2. The Bertz CT molecular complexity index is 3170. The highest BCUT2D eigenvalue weighted by molar-refractivity contribution is 7.25. The summed E-state index contributed by atoms with van der Waals surface area (Å²) in [5.74, 6) is 0.703. The Kier molecular flexibility index (Phi) is 7.68. The van der Waals surface area contributed by atoms with Crippen molar-refractivity contribution in [3.8, 4) is 61.8 Å². The normalized spacial score (nSPS) is 11.6. The number of aromatic nitrogens is 3. The lowest BCUT2D eigenvalue weighted by atomic mass is 9.97. The maximum absolute atomic E-state index is 5.06. The van der Waals surface area contributed by atoms with E-state index in [0.717, 1.165) is 33.8 Å². The second-order valence-corrected chi connectivity index (χ2v) is 15.3. The molecule has 0 radical (unpaired) electrons. The van der Waals surface area contributed by atoms with Crippen LogP contribution in [0.4, 0.5) is 0 Å². The first-order valence-electron chi connectivity index (χ1n) is 18.9. The molecule has 0 spiro atoms. The molecule has 4 heteroatoms. The van der Waals surface area contributed by atoms with Gasteiger partial charge < -0.3 is 4.57 Å². The molecule has 0 atom stereocenters. The summed E-state index contributed by atoms with van der Waals surface area (Å²) in [4.78, 5) is 10.1. The van der Waals surface area contributed by atoms with Crippen LogP contribution in [-0.2, 0) is 0 Å². The number of nitrogens with zero attached hydrogens (tertiary/aromatic N) is 3. The van der Waals surface area contributed by atoms with Gasteiger partial charge in [0.1, 0.15) is 0 Å². The molecule has 3 aromatic heterocycles. The lowest BCUT2D eigenvalue weighted by Crippen LogP contribution is -1.97. The summed E-state index contributed by atoms with van der Waals surface area (Å²) in [5.41, 5.74) is 13.2. The Labute approximate surface area is 328 Å². The van der Waals surface area contributed by atoms with Gasteiger partial charge in [0.2, 0.25) is 0 Å². The second kappa shape index (κ2) is 13.3. The van der Waals surface area contributed by atoms with Crippen molar-refractivity contribution in [3.63, 3.8) is 0 Å². The Morgan fingerprint density at radius 2 is 0.839 bits per heavy atom. The minimum Gasteiger partial charge on any atom is -0.309 e. The molecule has 0 aliphatic heterocycles. The molecular weight excluding hydrogens is 699 g/mol. The highest BCUT2D eigenvalue weighted by atomic mass is 32.1. The first-order chi connectivity index (χ1) is 27.7. The Balaban J connectivity index is 0.975. The number of rotatable bonds is 6. The third kappa shape index (κ3) is 5.58. The van der Waals surface area contributed by atoms with E-state index in [1.165, 1.54) is 64.2 Å². The van der Waals surface area contributed by atoms with Crippen LogP contribution in [0.5, 0.6) is 0 Å². The number of hydrogen-bond acceptors (Lipinski definition) is 3. The van der Waals surface area contributed by atoms with E-state index in [9.17, 15) is 0 Å². The van der Waals surface area contributed by atoms with Crippen molar-refractivity contribution in [2.75, 3.05) is 0 Å². The standard InChI is InChI=1S/C52H33N3S/c1-3-12-34(13-4-1)46-33-47(35-14-5-2-6-15-35)54-52(53-46)36-22-26-41(27-23-36)55-48-20-9-7-18-42(48)44-31-39(24-28-49(44)55)37-16-11-17-38(30-37)40-25-29-51-45(32-40)43-19-8-10-21-50(43)56-51/h1-33H. The van der Waals surface area contributed by atoms with Gasteiger partial charge in [0.05, 0.1) is 22.4 Å². The topological polar surface area (TPSA) is 30.7 Å². The zero-order valence-electron chi connectivity index (χ0n) is 30.3. The predicted molar refractivity (Wildman–Crippen MR) is 236 cm³/mol. The molecule has 0 aliphatic rings. The summed E-state index contributed by atoms with van der Waals surface area (Å²) in [7, 11) is 0. The summed E-state index contributed by atoms with van der Waals surface area (Å²) in [5, 5.41) is 5.10. The van der Waals surface area contributed by atoms with Crippen molar-refractivity contribution >= 4 is 53.3 Å². The van der Waals surface area contributed by atoms with Gasteiger partial charge in [-0.15, -0.1) is 11.3 Å². The van der Waals surface area contributed by atoms with E-state index >= 15 is 0 Å². The molecule has 56 heavy (non-hydrogen) atoms. The fourth-order valence-corrected chi connectivity index (χ4v) is 9.15. The summed E-state index contributed by atoms with van der Waals surface area (Å²) >= 11 is 1.86. The fourth-order valence-electron chi connectivity index (χ4n) is 8.06. The Morgan fingerprint density at radius 3 is 1.55 bits per heavy atom. The van der Waals surface area contributed by atoms with E-state index in [-0.39, 0.29) is 0 Å². The highest BCUT2D eigenvalue weighted by Gasteiger charge is 2.16. The van der Waals surface area contributed by atoms with Crippen LogP contribution >= 0.6 is 11.3 Å². The average Bonchev–Trinajstić information content (AvgIpc) is 3.82. The zero-order valence-corrected chi connectivity index (χ0v) is 31.1. The lowest BCUT2D eigenvalue weighted by Gasteiger charge is -2.11. The van der Waals surface area contributed by atoms with Gasteiger partial charge >= 0.3 is 0 Å². The molecule has 0 amide bonds. The van der Waals surface area contributed by atoms with Gasteiger partial charge in [-0.2, -0.15) is 0 Å². The number of hydrogen-bond donors (Lipinski definition) is 0. The van der Waals surface area contributed by atoms with E-state index in [1.54, 1.807) is 0 Å². The maximum Gasteiger partial charge on any atom is 0.160 e. The van der Waals surface area contributed by atoms with Crippen molar-refractivity contribution in [2.24, 2.45) is 0 Å². The van der Waals surface area contributed by atoms with Crippen molar-refractivity contribution in [1.29, 1.82) is 0 Å². The van der Waals surface area contributed by atoms with Gasteiger partial charge in [0.15, 0.2) is 5.82 Å². The molecule has 0 saturated heterocycles. The van der Waals surface area contributed by atoms with Gasteiger partial charge in [-0.05, 0) is 95.1 Å². The SMILES string of the molecule is c1ccc(-c2cc(-c3ccccc3)nc(-c3ccc(-n4c5ccccc5c5cc(-c6cccc(-c7ccc8sc9ccccc9c8c7)c6)ccc54)cc3)n2)cc1. The molecule has 11 rings (SSSR count). The smallest absolute Gasteiger partial charge is 0.160 e. The highest BCUT2D eigenvalue weighted by Crippen LogP contribution is 2.39. The summed E-state index contributed by atoms with van der Waals surface area (Å²) in [6.45, 7) is 0. The molecule has 3 nitrogen and oxygen atoms in total. The minimum absolute atomic E-state index is 0.703. The molecule has 3 heterocycles. The molecule has 0 fully saturated rings. The van der Waals surface area contributed by atoms with Crippen molar-refractivity contribution in [2.45, 2.75) is 0 Å². The number of benzene rings is 8. The van der Waals surface area contributed by atoms with Crippen LogP contribution in [0, 0.1) is 0 Å². The van der Waals surface area contributed by atoms with Gasteiger partial charge in [0, 0.05) is 53.3 Å². The van der Waals surface area contributed by atoms with E-state index < -0.39 is 0 Å². The van der Waals surface area contributed by atoms with E-state index in [0.29, 0.717) is 5.82 Å². The molecule has 0 aliphatic carbocycles. The zero-order chi connectivity index (χ0) is 37.0. The summed E-state index contributed by atoms with van der Waals surface area (Å²) < 4.78 is 5.02. The largest absolute Gasteiger partial charge is 0.309 e. The Hall–Kier alpha value is -7.14. The predicted octanol–water partition coefficient (Wildman–Crippen LogP) is 14.3. The fraction of sp³-hybridized carbons (Fsp3) is 0. The van der Waals surface area contributed by atoms with Crippen LogP contribution in [0.15, 0.2) is 200 Å². The van der Waals surface area contributed by atoms with Crippen LogP contribution in [0.25, 0.3) is 104 Å². The van der Waals surface area contributed by atoms with Crippen LogP contribution in [0.3, 0.4) is 0 Å². The summed E-state index contributed by atoms with van der Waals surface area (Å²) in [6.07, 6.45) is 0. The van der Waals surface area contributed by atoms with Gasteiger partial charge in [-0.3, -0.25) is 0 Å². The van der Waals surface area contributed by atoms with Crippen molar-refractivity contribution in [1.82, 2.24) is 14.5 Å². The van der Waals surface area contributed by atoms with Crippen molar-refractivity contribution in [3.05, 3.63) is 200 Å². The van der Waals surface area contributed by atoms with Crippen LogP contribution in [-0.4, -0.2) is 14.5 Å². The van der Waals surface area contributed by atoms with Crippen molar-refractivity contribution < 1.29 is 0 Å². The average molecular weight is 732 g/mol. The van der Waals surface area contributed by atoms with Gasteiger partial charge in [-0.1, -0.05) is 127 Å². The van der Waals surface area contributed by atoms with Crippen LogP contribution < -0.4 is 0 Å². The molecule has 262 valence electrons. The number of para-hydroxylation sites is 1. The third-order valence-electron chi connectivity index (χ3n) is 10.8. The van der Waals surface area contributed by atoms with E-state index in [1.807, 2.05) is 47.7 Å². The quantitative estimate of drug-likeness (QED) is 0.170. The molecule has 0 bridgehead atoms. The Morgan fingerprint density at radius 1 is 0.321 bits per heavy atom. The maximum atomic E-state index is 5.06. The van der Waals surface area contributed by atoms with Crippen LogP contribution in [0.1, 0.15) is 0 Å².